The highest BCUT2D eigenvalue weighted by Crippen LogP contribution is 2.34. The van der Waals surface area contributed by atoms with E-state index in [1.54, 1.807) is 30.5 Å². The maximum absolute atomic E-state index is 14.4. The van der Waals surface area contributed by atoms with E-state index in [4.69, 9.17) is 14.7 Å². The molecule has 0 fully saturated rings. The molecule has 0 atom stereocenters. The lowest BCUT2D eigenvalue weighted by Crippen LogP contribution is -2.07. The molecule has 0 bridgehead atoms. The first-order valence-corrected chi connectivity index (χ1v) is 11.5. The summed E-state index contributed by atoms with van der Waals surface area (Å²) in [6.45, 7) is 0.365. The van der Waals surface area contributed by atoms with Crippen LogP contribution in [-0.4, -0.2) is 29.1 Å². The predicted molar refractivity (Wildman–Crippen MR) is 138 cm³/mol. The summed E-state index contributed by atoms with van der Waals surface area (Å²) < 4.78 is 20.6. The summed E-state index contributed by atoms with van der Waals surface area (Å²) >= 11 is 2.28. The van der Waals surface area contributed by atoms with Gasteiger partial charge in [0, 0.05) is 37.7 Å². The van der Waals surface area contributed by atoms with Gasteiger partial charge in [0.25, 0.3) is 0 Å². The summed E-state index contributed by atoms with van der Waals surface area (Å²) in [6.07, 6.45) is 2.43. The Labute approximate surface area is 209 Å². The van der Waals surface area contributed by atoms with Crippen LogP contribution in [0.15, 0.2) is 71.9 Å². The number of benzene rings is 3. The minimum absolute atomic E-state index is 0.328. The maximum atomic E-state index is 14.4. The average molecular weight is 564 g/mol. The number of halogens is 2. The first-order valence-electron chi connectivity index (χ1n) is 10.4. The molecule has 1 aliphatic rings. The summed E-state index contributed by atoms with van der Waals surface area (Å²) in [7, 11) is 1.51. The molecular weight excluding hydrogens is 546 g/mol. The highest BCUT2D eigenvalue weighted by atomic mass is 127. The second-order valence-electron chi connectivity index (χ2n) is 7.60. The summed E-state index contributed by atoms with van der Waals surface area (Å²) in [5.41, 5.74) is 5.67. The molecule has 1 aliphatic heterocycles. The van der Waals surface area contributed by atoms with E-state index in [1.807, 2.05) is 24.3 Å². The number of hydrogen-bond acceptors (Lipinski definition) is 6. The van der Waals surface area contributed by atoms with E-state index in [1.165, 1.54) is 19.2 Å². The molecule has 5 rings (SSSR count). The Morgan fingerprint density at radius 3 is 2.71 bits per heavy atom. The standard InChI is InChI=1S/C26H18FIN4O2/c1-34-23-9-7-18(10-15(23)14-33)31-26-30-13-16-12-29-25(20-4-2-3-5-22(20)28)19-8-6-17(27)11-21(19)24(16)32-26/h2-11,13-14H,12H2,1H3,(H,30,31,32). The van der Waals surface area contributed by atoms with E-state index in [2.05, 4.69) is 32.9 Å². The lowest BCUT2D eigenvalue weighted by Gasteiger charge is -2.13. The third kappa shape index (κ3) is 4.16. The van der Waals surface area contributed by atoms with Crippen LogP contribution in [0.3, 0.4) is 0 Å². The minimum atomic E-state index is -0.354. The number of anilines is 2. The topological polar surface area (TPSA) is 76.5 Å². The molecule has 0 amide bonds. The van der Waals surface area contributed by atoms with Gasteiger partial charge < -0.3 is 10.1 Å². The van der Waals surface area contributed by atoms with E-state index < -0.39 is 0 Å². The molecule has 0 saturated heterocycles. The highest BCUT2D eigenvalue weighted by Gasteiger charge is 2.22. The number of aldehydes is 1. The molecule has 34 heavy (non-hydrogen) atoms. The van der Waals surface area contributed by atoms with Crippen molar-refractivity contribution in [3.05, 3.63) is 98.5 Å². The van der Waals surface area contributed by atoms with Gasteiger partial charge in [-0.15, -0.1) is 0 Å². The SMILES string of the molecule is COc1ccc(Nc2ncc3c(n2)-c2cc(F)ccc2C(c2ccccc2I)=NC3)cc1C=O. The molecule has 0 unspecified atom stereocenters. The number of fused-ring (bicyclic) bond motifs is 3. The predicted octanol–water partition coefficient (Wildman–Crippen LogP) is 5.80. The molecule has 0 radical (unpaired) electrons. The van der Waals surface area contributed by atoms with E-state index in [0.29, 0.717) is 40.8 Å². The molecule has 0 aliphatic carbocycles. The number of ether oxygens (including phenoxy) is 1. The van der Waals surface area contributed by atoms with Crippen LogP contribution >= 0.6 is 22.6 Å². The monoisotopic (exact) mass is 564 g/mol. The summed E-state index contributed by atoms with van der Waals surface area (Å²) in [6, 6.07) is 17.8. The van der Waals surface area contributed by atoms with Gasteiger partial charge in [0.2, 0.25) is 5.95 Å². The van der Waals surface area contributed by atoms with Gasteiger partial charge in [-0.25, -0.2) is 14.4 Å². The Morgan fingerprint density at radius 1 is 1.06 bits per heavy atom. The van der Waals surface area contributed by atoms with Gasteiger partial charge >= 0.3 is 0 Å². The van der Waals surface area contributed by atoms with Gasteiger partial charge in [-0.3, -0.25) is 9.79 Å². The van der Waals surface area contributed by atoms with E-state index in [9.17, 15) is 9.18 Å². The third-order valence-corrected chi connectivity index (χ3v) is 6.45. The van der Waals surface area contributed by atoms with Gasteiger partial charge in [0.1, 0.15) is 11.6 Å². The van der Waals surface area contributed by atoms with Crippen LogP contribution in [0.1, 0.15) is 27.0 Å². The van der Waals surface area contributed by atoms with E-state index in [0.717, 1.165) is 32.3 Å². The van der Waals surface area contributed by atoms with Crippen LogP contribution in [0.25, 0.3) is 11.3 Å². The fraction of sp³-hybridized carbons (Fsp3) is 0.0769. The molecule has 8 heteroatoms. The van der Waals surface area contributed by atoms with Gasteiger partial charge in [0.15, 0.2) is 6.29 Å². The number of hydrogen-bond donors (Lipinski definition) is 1. The Balaban J connectivity index is 1.59. The number of carbonyl (C=O) groups excluding carboxylic acids is 1. The quantitative estimate of drug-likeness (QED) is 0.245. The number of nitrogens with zero attached hydrogens (tertiary/aromatic N) is 3. The van der Waals surface area contributed by atoms with Crippen molar-refractivity contribution in [1.82, 2.24) is 9.97 Å². The lowest BCUT2D eigenvalue weighted by atomic mass is 9.95. The summed E-state index contributed by atoms with van der Waals surface area (Å²) in [5.74, 6) is 0.453. The maximum Gasteiger partial charge on any atom is 0.227 e. The highest BCUT2D eigenvalue weighted by molar-refractivity contribution is 14.1. The molecule has 0 saturated carbocycles. The van der Waals surface area contributed by atoms with Crippen molar-refractivity contribution >= 4 is 46.2 Å². The normalized spacial score (nSPS) is 12.1. The first kappa shape index (κ1) is 22.1. The van der Waals surface area contributed by atoms with Crippen molar-refractivity contribution in [3.8, 4) is 17.0 Å². The number of aliphatic imine (C=N–C) groups is 1. The molecule has 0 spiro atoms. The average Bonchev–Trinajstić information content (AvgIpc) is 3.01. The van der Waals surface area contributed by atoms with Gasteiger partial charge in [0.05, 0.1) is 30.6 Å². The number of carbonyl (C=O) groups is 1. The zero-order valence-corrected chi connectivity index (χ0v) is 20.2. The van der Waals surface area contributed by atoms with E-state index >= 15 is 0 Å². The van der Waals surface area contributed by atoms with Crippen LogP contribution in [0.5, 0.6) is 5.75 Å². The largest absolute Gasteiger partial charge is 0.496 e. The number of rotatable bonds is 5. The summed E-state index contributed by atoms with van der Waals surface area (Å²) in [4.78, 5) is 25.4. The first-order chi connectivity index (χ1) is 16.6. The van der Waals surface area contributed by atoms with Crippen molar-refractivity contribution in [2.45, 2.75) is 6.54 Å². The molecule has 6 nitrogen and oxygen atoms in total. The molecule has 1 N–H and O–H groups in total. The molecule has 4 aromatic rings. The zero-order chi connectivity index (χ0) is 23.7. The number of methoxy groups -OCH3 is 1. The molecule has 168 valence electrons. The minimum Gasteiger partial charge on any atom is -0.496 e. The van der Waals surface area contributed by atoms with Crippen molar-refractivity contribution in [3.63, 3.8) is 0 Å². The Morgan fingerprint density at radius 2 is 1.91 bits per heavy atom. The van der Waals surface area contributed by atoms with Crippen LogP contribution in [-0.2, 0) is 6.54 Å². The van der Waals surface area contributed by atoms with Gasteiger partial charge in [-0.05, 0) is 65.1 Å². The van der Waals surface area contributed by atoms with Crippen LogP contribution in [0.4, 0.5) is 16.0 Å². The smallest absolute Gasteiger partial charge is 0.227 e. The Hall–Kier alpha value is -3.66. The van der Waals surface area contributed by atoms with Crippen molar-refractivity contribution in [2.75, 3.05) is 12.4 Å². The second-order valence-corrected chi connectivity index (χ2v) is 8.76. The van der Waals surface area contributed by atoms with Crippen molar-refractivity contribution < 1.29 is 13.9 Å². The molecule has 1 aromatic heterocycles. The second kappa shape index (κ2) is 9.30. The van der Waals surface area contributed by atoms with Gasteiger partial charge in [-0.1, -0.05) is 18.2 Å². The lowest BCUT2D eigenvalue weighted by molar-refractivity contribution is 0.112. The Kier molecular flexibility index (Phi) is 6.06. The van der Waals surface area contributed by atoms with Crippen LogP contribution in [0.2, 0.25) is 0 Å². The zero-order valence-electron chi connectivity index (χ0n) is 18.0. The van der Waals surface area contributed by atoms with Crippen molar-refractivity contribution in [1.29, 1.82) is 0 Å². The third-order valence-electron chi connectivity index (χ3n) is 5.51. The number of nitrogens with one attached hydrogen (secondary N) is 1. The summed E-state index contributed by atoms with van der Waals surface area (Å²) in [5, 5.41) is 3.13. The molecule has 2 heterocycles. The number of aromatic nitrogens is 2. The molecular formula is C26H18FIN4O2. The fourth-order valence-electron chi connectivity index (χ4n) is 3.90. The fourth-order valence-corrected chi connectivity index (χ4v) is 4.54. The molecule has 3 aromatic carbocycles. The Bertz CT molecular complexity index is 1450. The van der Waals surface area contributed by atoms with Crippen molar-refractivity contribution in [2.24, 2.45) is 4.99 Å². The van der Waals surface area contributed by atoms with E-state index in [-0.39, 0.29) is 5.82 Å². The van der Waals surface area contributed by atoms with Crippen LogP contribution in [0, 0.1) is 9.39 Å². The van der Waals surface area contributed by atoms with Gasteiger partial charge in [-0.2, -0.15) is 0 Å². The van der Waals surface area contributed by atoms with Crippen LogP contribution < -0.4 is 10.1 Å².